The molecule has 1 aliphatic heterocycles. The van der Waals surface area contributed by atoms with E-state index in [1.807, 2.05) is 45.9 Å². The highest BCUT2D eigenvalue weighted by atomic mass is 28.4. The van der Waals surface area contributed by atoms with Gasteiger partial charge >= 0.3 is 6.09 Å². The van der Waals surface area contributed by atoms with Gasteiger partial charge in [-0.15, -0.1) is 0 Å². The second-order valence-electron chi connectivity index (χ2n) is 11.8. The molecular formula is C26H41NO4Si. The van der Waals surface area contributed by atoms with Crippen LogP contribution in [0.25, 0.3) is 6.08 Å². The molecule has 0 unspecified atom stereocenters. The van der Waals surface area contributed by atoms with E-state index in [4.69, 9.17) is 13.9 Å². The van der Waals surface area contributed by atoms with Crippen molar-refractivity contribution in [2.45, 2.75) is 103 Å². The predicted octanol–water partition coefficient (Wildman–Crippen LogP) is 6.61. The molecule has 0 spiro atoms. The first-order chi connectivity index (χ1) is 14.6. The maximum absolute atomic E-state index is 13.3. The summed E-state index contributed by atoms with van der Waals surface area (Å²) in [5.41, 5.74) is 1.04. The highest BCUT2D eigenvalue weighted by Crippen LogP contribution is 2.42. The smallest absolute Gasteiger partial charge is 0.413 e. The molecule has 0 bridgehead atoms. The quantitative estimate of drug-likeness (QED) is 0.476. The topological polar surface area (TPSA) is 48.0 Å². The fourth-order valence-corrected chi connectivity index (χ4v) is 5.73. The molecule has 1 saturated carbocycles. The first-order valence-electron chi connectivity index (χ1n) is 11.7. The van der Waals surface area contributed by atoms with E-state index in [1.54, 1.807) is 4.90 Å². The Labute approximate surface area is 195 Å². The minimum atomic E-state index is -1.98. The Balaban J connectivity index is 1.88. The first kappa shape index (κ1) is 25.0. The number of carbonyl (C=O) groups is 1. The fraction of sp³-hybridized carbons (Fsp3) is 0.654. The molecule has 0 radical (unpaired) electrons. The van der Waals surface area contributed by atoms with Gasteiger partial charge in [-0.2, -0.15) is 0 Å². The maximum atomic E-state index is 13.3. The Morgan fingerprint density at radius 1 is 1.09 bits per heavy atom. The number of hydrogen-bond donors (Lipinski definition) is 0. The number of nitrogens with zero attached hydrogens (tertiary/aromatic N) is 1. The molecule has 1 heterocycles. The van der Waals surface area contributed by atoms with Crippen LogP contribution < -0.4 is 0 Å². The van der Waals surface area contributed by atoms with Crippen molar-refractivity contribution in [2.75, 3.05) is 6.61 Å². The van der Waals surface area contributed by atoms with Crippen molar-refractivity contribution < 1.29 is 18.7 Å². The molecule has 2 aliphatic rings. The second-order valence-corrected chi connectivity index (χ2v) is 16.5. The third-order valence-electron chi connectivity index (χ3n) is 7.16. The highest BCUT2D eigenvalue weighted by molar-refractivity contribution is 6.74. The molecule has 5 nitrogen and oxygen atoms in total. The van der Waals surface area contributed by atoms with Crippen LogP contribution in [0.4, 0.5) is 4.79 Å². The van der Waals surface area contributed by atoms with Crippen molar-refractivity contribution in [3.8, 4) is 0 Å². The van der Waals surface area contributed by atoms with Crippen LogP contribution >= 0.6 is 0 Å². The summed E-state index contributed by atoms with van der Waals surface area (Å²) < 4.78 is 18.9. The van der Waals surface area contributed by atoms with Crippen molar-refractivity contribution in [2.24, 2.45) is 0 Å². The van der Waals surface area contributed by atoms with Crippen LogP contribution in [0.3, 0.4) is 0 Å². The number of benzene rings is 1. The standard InChI is InChI=1S/C26H41NO4Si/c1-24(2,3)32(8,9)31-22-16-15-21(20(22)17-19-13-11-10-12-14-19)30-23(28)27-25(4,5)18-29-26(27,6)7/h10-14,17,21-22H,15-16,18H2,1-9H3/b20-17-/t21-,22-/m1/s1. The Morgan fingerprint density at radius 2 is 1.69 bits per heavy atom. The van der Waals surface area contributed by atoms with Crippen LogP contribution in [0, 0.1) is 0 Å². The number of carbonyl (C=O) groups excluding carboxylic acids is 1. The van der Waals surface area contributed by atoms with Gasteiger partial charge in [0.2, 0.25) is 0 Å². The zero-order chi connectivity index (χ0) is 23.9. The maximum Gasteiger partial charge on any atom is 0.413 e. The average molecular weight is 460 g/mol. The Hall–Kier alpha value is -1.63. The Bertz CT molecular complexity index is 838. The number of hydrogen-bond acceptors (Lipinski definition) is 4. The largest absolute Gasteiger partial charge is 0.441 e. The summed E-state index contributed by atoms with van der Waals surface area (Å²) in [6, 6.07) is 10.2. The number of ether oxygens (including phenoxy) is 2. The van der Waals surface area contributed by atoms with Crippen molar-refractivity contribution >= 4 is 20.5 Å². The average Bonchev–Trinajstić information content (AvgIpc) is 3.11. The van der Waals surface area contributed by atoms with Crippen LogP contribution in [0.1, 0.15) is 66.9 Å². The monoisotopic (exact) mass is 459 g/mol. The molecular weight excluding hydrogens is 418 g/mol. The van der Waals surface area contributed by atoms with Gasteiger partial charge in [0.15, 0.2) is 8.32 Å². The van der Waals surface area contributed by atoms with Gasteiger partial charge < -0.3 is 13.9 Å². The van der Waals surface area contributed by atoms with E-state index in [2.05, 4.69) is 52.1 Å². The van der Waals surface area contributed by atoms with Gasteiger partial charge in [0.25, 0.3) is 0 Å². The fourth-order valence-electron chi connectivity index (χ4n) is 4.41. The Morgan fingerprint density at radius 3 is 2.22 bits per heavy atom. The molecule has 1 aromatic carbocycles. The molecule has 2 atom stereocenters. The SMILES string of the molecule is CC1(C)COC(C)(C)N1C(=O)O[C@@H]1CC[C@@H](O[Si](C)(C)C(C)(C)C)/C1=C\c1ccccc1. The molecule has 6 heteroatoms. The molecule has 3 rings (SSSR count). The van der Waals surface area contributed by atoms with Gasteiger partial charge in [0, 0.05) is 0 Å². The van der Waals surface area contributed by atoms with E-state index in [0.29, 0.717) is 6.61 Å². The number of amides is 1. The lowest BCUT2D eigenvalue weighted by Gasteiger charge is -2.39. The van der Waals surface area contributed by atoms with E-state index in [-0.39, 0.29) is 23.3 Å². The summed E-state index contributed by atoms with van der Waals surface area (Å²) >= 11 is 0. The minimum absolute atomic E-state index is 0.0373. The summed E-state index contributed by atoms with van der Waals surface area (Å²) in [5.74, 6) is 0. The third-order valence-corrected chi connectivity index (χ3v) is 11.6. The molecule has 1 aliphatic carbocycles. The second kappa shape index (κ2) is 8.62. The molecule has 1 aromatic rings. The van der Waals surface area contributed by atoms with E-state index >= 15 is 0 Å². The molecule has 1 saturated heterocycles. The van der Waals surface area contributed by atoms with Crippen molar-refractivity contribution in [3.05, 3.63) is 41.5 Å². The highest BCUT2D eigenvalue weighted by Gasteiger charge is 2.51. The van der Waals surface area contributed by atoms with Gasteiger partial charge in [-0.1, -0.05) is 51.1 Å². The van der Waals surface area contributed by atoms with E-state index in [9.17, 15) is 4.79 Å². The van der Waals surface area contributed by atoms with Crippen LogP contribution in [0.15, 0.2) is 35.9 Å². The minimum Gasteiger partial charge on any atom is -0.441 e. The van der Waals surface area contributed by atoms with Crippen LogP contribution in [0.2, 0.25) is 18.1 Å². The normalized spacial score (nSPS) is 26.5. The molecule has 0 aromatic heterocycles. The summed E-state index contributed by atoms with van der Waals surface area (Å²) in [7, 11) is -1.98. The summed E-state index contributed by atoms with van der Waals surface area (Å²) in [5, 5.41) is 0.112. The first-order valence-corrected chi connectivity index (χ1v) is 14.6. The number of rotatable bonds is 4. The zero-order valence-corrected chi connectivity index (χ0v) is 22.3. The molecule has 178 valence electrons. The lowest BCUT2D eigenvalue weighted by atomic mass is 10.0. The van der Waals surface area contributed by atoms with Gasteiger partial charge in [0.1, 0.15) is 11.8 Å². The third kappa shape index (κ3) is 5.13. The van der Waals surface area contributed by atoms with E-state index in [1.165, 1.54) is 0 Å². The zero-order valence-electron chi connectivity index (χ0n) is 21.3. The lowest BCUT2D eigenvalue weighted by Crippen LogP contribution is -2.53. The van der Waals surface area contributed by atoms with E-state index < -0.39 is 19.6 Å². The predicted molar refractivity (Wildman–Crippen MR) is 132 cm³/mol. The van der Waals surface area contributed by atoms with Crippen LogP contribution in [-0.2, 0) is 13.9 Å². The van der Waals surface area contributed by atoms with Crippen LogP contribution in [0.5, 0.6) is 0 Å². The van der Waals surface area contributed by atoms with Gasteiger partial charge in [-0.25, -0.2) is 4.79 Å². The lowest BCUT2D eigenvalue weighted by molar-refractivity contribution is -0.0557. The molecule has 2 fully saturated rings. The van der Waals surface area contributed by atoms with Gasteiger partial charge in [-0.3, -0.25) is 4.90 Å². The Kier molecular flexibility index (Phi) is 6.73. The van der Waals surface area contributed by atoms with E-state index in [0.717, 1.165) is 24.0 Å². The van der Waals surface area contributed by atoms with Gasteiger partial charge in [-0.05, 0) is 75.9 Å². The van der Waals surface area contributed by atoms with Crippen LogP contribution in [-0.4, -0.2) is 49.4 Å². The summed E-state index contributed by atoms with van der Waals surface area (Å²) in [4.78, 5) is 15.1. The molecule has 0 N–H and O–H groups in total. The van der Waals surface area contributed by atoms with Crippen molar-refractivity contribution in [1.82, 2.24) is 4.90 Å². The van der Waals surface area contributed by atoms with Gasteiger partial charge in [0.05, 0.1) is 18.2 Å². The summed E-state index contributed by atoms with van der Waals surface area (Å²) in [6.07, 6.45) is 3.11. The molecule has 32 heavy (non-hydrogen) atoms. The van der Waals surface area contributed by atoms with Crippen molar-refractivity contribution in [3.63, 3.8) is 0 Å². The molecule has 1 amide bonds. The summed E-state index contributed by atoms with van der Waals surface area (Å²) in [6.45, 7) is 19.7. The van der Waals surface area contributed by atoms with Crippen molar-refractivity contribution in [1.29, 1.82) is 0 Å².